The number of hydrogen-bond donors (Lipinski definition) is 1. The largest absolute Gasteiger partial charge is 0.480 e. The number of carbonyl (C=O) groups is 1. The fourth-order valence-electron chi connectivity index (χ4n) is 7.94. The van der Waals surface area contributed by atoms with E-state index in [9.17, 15) is 14.3 Å². The highest BCUT2D eigenvalue weighted by atomic mass is 19.1. The third-order valence-corrected chi connectivity index (χ3v) is 10.1. The lowest BCUT2D eigenvalue weighted by atomic mass is 9.87. The van der Waals surface area contributed by atoms with Gasteiger partial charge in [0.15, 0.2) is 6.79 Å². The highest BCUT2D eigenvalue weighted by molar-refractivity contribution is 5.73. The second-order valence-corrected chi connectivity index (χ2v) is 13.6. The molecular formula is C37H51FN4O4. The van der Waals surface area contributed by atoms with Gasteiger partial charge in [0.25, 0.3) is 0 Å². The summed E-state index contributed by atoms with van der Waals surface area (Å²) >= 11 is 0. The van der Waals surface area contributed by atoms with Crippen LogP contribution in [0.4, 0.5) is 4.39 Å². The maximum Gasteiger partial charge on any atom is 0.321 e. The number of likely N-dealkylation sites (N-methyl/N-ethyl adjacent to an activating group) is 1. The molecule has 2 saturated heterocycles. The first kappa shape index (κ1) is 34.1. The van der Waals surface area contributed by atoms with E-state index < -0.39 is 12.0 Å². The van der Waals surface area contributed by atoms with Crippen LogP contribution in [0, 0.1) is 17.7 Å². The number of hydrogen-bond acceptors (Lipinski definition) is 6. The zero-order valence-corrected chi connectivity index (χ0v) is 27.9. The molecule has 2 aliphatic heterocycles. The van der Waals surface area contributed by atoms with Crippen molar-refractivity contribution in [3.05, 3.63) is 89.2 Å². The Morgan fingerprint density at radius 1 is 1.24 bits per heavy atom. The van der Waals surface area contributed by atoms with Gasteiger partial charge in [0.1, 0.15) is 24.2 Å². The molecule has 3 aliphatic rings. The Kier molecular flexibility index (Phi) is 11.5. The third-order valence-electron chi connectivity index (χ3n) is 10.1. The molecule has 1 aromatic heterocycles. The van der Waals surface area contributed by atoms with E-state index in [2.05, 4.69) is 34.1 Å². The quantitative estimate of drug-likeness (QED) is 0.257. The molecule has 0 radical (unpaired) electrons. The van der Waals surface area contributed by atoms with Gasteiger partial charge in [0, 0.05) is 37.2 Å². The van der Waals surface area contributed by atoms with E-state index in [1.54, 1.807) is 18.2 Å². The van der Waals surface area contributed by atoms with Crippen LogP contribution in [0.15, 0.2) is 66.5 Å². The number of halogens is 1. The molecule has 0 unspecified atom stereocenters. The molecule has 3 fully saturated rings. The summed E-state index contributed by atoms with van der Waals surface area (Å²) < 4.78 is 27.4. The van der Waals surface area contributed by atoms with Gasteiger partial charge in [-0.05, 0) is 106 Å². The molecule has 1 aromatic carbocycles. The maximum atomic E-state index is 14.3. The van der Waals surface area contributed by atoms with E-state index in [0.717, 1.165) is 74.5 Å². The summed E-state index contributed by atoms with van der Waals surface area (Å²) in [5.41, 5.74) is 4.47. The number of carboxylic acid groups (broad SMARTS) is 1. The molecule has 0 spiro atoms. The lowest BCUT2D eigenvalue weighted by Gasteiger charge is -2.35. The first-order valence-corrected chi connectivity index (χ1v) is 16.9. The number of allylic oxidation sites excluding steroid dienone is 4. The van der Waals surface area contributed by atoms with Crippen molar-refractivity contribution in [2.45, 2.75) is 83.3 Å². The molecule has 3 heterocycles. The Labute approximate surface area is 273 Å². The summed E-state index contributed by atoms with van der Waals surface area (Å²) in [6.45, 7) is 14.5. The van der Waals surface area contributed by atoms with Crippen LogP contribution in [0.25, 0.3) is 0 Å². The average Bonchev–Trinajstić information content (AvgIpc) is 3.78. The fraction of sp³-hybridized carbons (Fsp3) is 0.568. The molecule has 1 aliphatic carbocycles. The number of carboxylic acids is 1. The highest BCUT2D eigenvalue weighted by Gasteiger charge is 2.42. The number of benzene rings is 1. The summed E-state index contributed by atoms with van der Waals surface area (Å²) in [6.07, 6.45) is 10.4. The minimum absolute atomic E-state index is 0.00260. The molecule has 46 heavy (non-hydrogen) atoms. The summed E-state index contributed by atoms with van der Waals surface area (Å²) in [6, 6.07) is 8.89. The third kappa shape index (κ3) is 8.17. The van der Waals surface area contributed by atoms with Crippen LogP contribution in [0.3, 0.4) is 0 Å². The molecule has 9 heteroatoms. The van der Waals surface area contributed by atoms with E-state index in [4.69, 9.17) is 14.6 Å². The molecule has 5 rings (SSSR count). The van der Waals surface area contributed by atoms with Crippen molar-refractivity contribution < 1.29 is 23.8 Å². The number of likely N-dealkylation sites (tertiary alicyclic amines) is 1. The van der Waals surface area contributed by atoms with Gasteiger partial charge >= 0.3 is 5.97 Å². The maximum absolute atomic E-state index is 14.3. The van der Waals surface area contributed by atoms with Crippen LogP contribution in [0.5, 0.6) is 0 Å². The van der Waals surface area contributed by atoms with Crippen LogP contribution in [0.1, 0.15) is 75.2 Å². The van der Waals surface area contributed by atoms with E-state index >= 15 is 0 Å². The van der Waals surface area contributed by atoms with Crippen LogP contribution < -0.4 is 0 Å². The molecule has 8 nitrogen and oxygen atoms in total. The van der Waals surface area contributed by atoms with Gasteiger partial charge in [0.05, 0.1) is 5.69 Å². The molecule has 4 atom stereocenters. The van der Waals surface area contributed by atoms with Crippen molar-refractivity contribution in [1.29, 1.82) is 0 Å². The molecule has 0 bridgehead atoms. The number of nitrogens with zero attached hydrogens (tertiary/aromatic N) is 4. The molecule has 1 N–H and O–H groups in total. The molecule has 2 aromatic rings. The lowest BCUT2D eigenvalue weighted by molar-refractivity contribution is -0.145. The minimum atomic E-state index is -0.776. The fourth-order valence-corrected chi connectivity index (χ4v) is 7.94. The van der Waals surface area contributed by atoms with Gasteiger partial charge in [0.2, 0.25) is 0 Å². The number of rotatable bonds is 13. The molecular weight excluding hydrogens is 583 g/mol. The van der Waals surface area contributed by atoms with Crippen molar-refractivity contribution in [3.8, 4) is 0 Å². The predicted molar refractivity (Wildman–Crippen MR) is 178 cm³/mol. The van der Waals surface area contributed by atoms with E-state index in [1.807, 2.05) is 39.1 Å². The van der Waals surface area contributed by atoms with E-state index in [0.29, 0.717) is 31.7 Å². The van der Waals surface area contributed by atoms with Crippen molar-refractivity contribution in [1.82, 2.24) is 19.6 Å². The normalized spacial score (nSPS) is 24.6. The van der Waals surface area contributed by atoms with Crippen LogP contribution in [-0.2, 0) is 27.2 Å². The topological polar surface area (TPSA) is 80.1 Å². The Balaban J connectivity index is 1.25. The standard InChI is InChI=1S/C37H51FN4O4/c1-6-9-26(17-33-23-45-24-46-33)16-31-20-35(42(7-2)39-31)27-12-14-41(15-13-27)22-29-19-32(40(5)36(25(3)4)37(43)44)21-34(29)28-10-8-11-30(38)18-28/h6,8-11,17-18,20,25,27,29,32,34,36H,1,7,12-16,19,21-24H2,2-5H3,(H,43,44)/b26-9-,33-17+/t29-,32+,34-,36-/m1/s1. The monoisotopic (exact) mass is 634 g/mol. The van der Waals surface area contributed by atoms with Gasteiger partial charge in [-0.1, -0.05) is 44.7 Å². The van der Waals surface area contributed by atoms with Crippen LogP contribution >= 0.6 is 0 Å². The van der Waals surface area contributed by atoms with Crippen LogP contribution in [-0.4, -0.2) is 82.8 Å². The lowest BCUT2D eigenvalue weighted by Crippen LogP contribution is -2.47. The Hall–Kier alpha value is -3.27. The number of aliphatic carboxylic acids is 1. The zero-order valence-electron chi connectivity index (χ0n) is 27.9. The van der Waals surface area contributed by atoms with Gasteiger partial charge in [-0.2, -0.15) is 5.10 Å². The van der Waals surface area contributed by atoms with Crippen molar-refractivity contribution in [3.63, 3.8) is 0 Å². The summed E-state index contributed by atoms with van der Waals surface area (Å²) in [5, 5.41) is 14.9. The van der Waals surface area contributed by atoms with Gasteiger partial charge in [-0.15, -0.1) is 0 Å². The van der Waals surface area contributed by atoms with Crippen molar-refractivity contribution in [2.75, 3.05) is 40.1 Å². The SMILES string of the molecule is C=C/C=C(\C=C1/COCO1)Cc1cc(C2CCN(C[C@H]3C[C@H](N(C)[C@@H](C(=O)O)C(C)C)C[C@@H]3c3cccc(F)c3)CC2)n(CC)n1. The Morgan fingerprint density at radius 2 is 2.02 bits per heavy atom. The molecule has 250 valence electrons. The van der Waals surface area contributed by atoms with Crippen molar-refractivity contribution in [2.24, 2.45) is 11.8 Å². The second-order valence-electron chi connectivity index (χ2n) is 13.6. The average molecular weight is 635 g/mol. The minimum Gasteiger partial charge on any atom is -0.480 e. The smallest absolute Gasteiger partial charge is 0.321 e. The molecule has 1 saturated carbocycles. The van der Waals surface area contributed by atoms with Gasteiger partial charge in [-0.3, -0.25) is 14.4 Å². The predicted octanol–water partition coefficient (Wildman–Crippen LogP) is 6.37. The summed E-state index contributed by atoms with van der Waals surface area (Å²) in [7, 11) is 1.95. The molecule has 0 amide bonds. The van der Waals surface area contributed by atoms with E-state index in [1.165, 1.54) is 11.8 Å². The second kappa shape index (κ2) is 15.5. The zero-order chi connectivity index (χ0) is 32.8. The first-order valence-electron chi connectivity index (χ1n) is 16.9. The number of aryl methyl sites for hydroxylation is 1. The number of piperidine rings is 1. The first-order chi connectivity index (χ1) is 22.2. The van der Waals surface area contributed by atoms with Gasteiger partial charge in [-0.25, -0.2) is 4.39 Å². The van der Waals surface area contributed by atoms with Crippen LogP contribution in [0.2, 0.25) is 0 Å². The Morgan fingerprint density at radius 3 is 2.65 bits per heavy atom. The number of ether oxygens (including phenoxy) is 2. The van der Waals surface area contributed by atoms with Gasteiger partial charge < -0.3 is 19.5 Å². The van der Waals surface area contributed by atoms with Crippen molar-refractivity contribution >= 4 is 5.97 Å². The highest BCUT2D eigenvalue weighted by Crippen LogP contribution is 2.43. The van der Waals surface area contributed by atoms with E-state index in [-0.39, 0.29) is 23.7 Å². The number of aromatic nitrogens is 2. The summed E-state index contributed by atoms with van der Waals surface area (Å²) in [5.74, 6) is 0.815. The Bertz CT molecular complexity index is 1400. The summed E-state index contributed by atoms with van der Waals surface area (Å²) in [4.78, 5) is 16.8.